The average Bonchev–Trinajstić information content (AvgIpc) is 2.72. The molecule has 2 aliphatic rings. The van der Waals surface area contributed by atoms with E-state index in [1.807, 2.05) is 4.90 Å². The van der Waals surface area contributed by atoms with E-state index in [0.717, 1.165) is 45.0 Å². The second-order valence-corrected chi connectivity index (χ2v) is 8.77. The number of nitro groups is 1. The van der Waals surface area contributed by atoms with Crippen molar-refractivity contribution < 1.29 is 9.72 Å². The zero-order valence-electron chi connectivity index (χ0n) is 17.7. The monoisotopic (exact) mass is 411 g/mol. The third-order valence-corrected chi connectivity index (χ3v) is 6.22. The highest BCUT2D eigenvalue weighted by Gasteiger charge is 2.28. The summed E-state index contributed by atoms with van der Waals surface area (Å²) in [5, 5.41) is 11.9. The second-order valence-electron chi connectivity index (χ2n) is 8.77. The van der Waals surface area contributed by atoms with Gasteiger partial charge in [-0.25, -0.2) is 0 Å². The van der Waals surface area contributed by atoms with Crippen LogP contribution in [0.5, 0.6) is 0 Å². The summed E-state index contributed by atoms with van der Waals surface area (Å²) in [6.45, 7) is 9.74. The van der Waals surface area contributed by atoms with Crippen molar-refractivity contribution in [2.24, 2.45) is 11.8 Å². The first-order valence-electron chi connectivity index (χ1n) is 10.7. The smallest absolute Gasteiger partial charge is 0.278 e. The van der Waals surface area contributed by atoms with Crippen molar-refractivity contribution in [3.05, 3.63) is 40.6 Å². The number of anilines is 1. The van der Waals surface area contributed by atoms with Crippen LogP contribution < -0.4 is 4.90 Å². The molecule has 0 radical (unpaired) electrons. The Morgan fingerprint density at radius 1 is 1.13 bits per heavy atom. The van der Waals surface area contributed by atoms with E-state index in [9.17, 15) is 14.9 Å². The number of likely N-dealkylation sites (tertiary alicyclic amines) is 1. The van der Waals surface area contributed by atoms with Gasteiger partial charge in [-0.05, 0) is 36.5 Å². The van der Waals surface area contributed by atoms with Gasteiger partial charge in [0.05, 0.1) is 22.5 Å². The summed E-state index contributed by atoms with van der Waals surface area (Å²) in [6, 6.07) is 6.84. The lowest BCUT2D eigenvalue weighted by Crippen LogP contribution is -2.52. The Morgan fingerprint density at radius 3 is 2.50 bits per heavy atom. The SMILES string of the molecule is CC1CC(C)CN(C(=O)CN2CCN(c3ccc([N+](=O)[O-])c4cccnc34)CC2)C1. The molecule has 2 unspecified atom stereocenters. The normalized spacial score (nSPS) is 23.0. The van der Waals surface area contributed by atoms with Crippen molar-refractivity contribution in [3.63, 3.8) is 0 Å². The van der Waals surface area contributed by atoms with E-state index in [4.69, 9.17) is 0 Å². The summed E-state index contributed by atoms with van der Waals surface area (Å²) < 4.78 is 0. The molecular formula is C22H29N5O3. The number of carbonyl (C=O) groups is 1. The minimum absolute atomic E-state index is 0.0797. The lowest BCUT2D eigenvalue weighted by Gasteiger charge is -2.39. The first-order valence-corrected chi connectivity index (χ1v) is 10.7. The van der Waals surface area contributed by atoms with Gasteiger partial charge in [0.25, 0.3) is 5.69 Å². The molecule has 2 aliphatic heterocycles. The predicted octanol–water partition coefficient (Wildman–Crippen LogP) is 2.77. The number of fused-ring (bicyclic) bond motifs is 1. The van der Waals surface area contributed by atoms with Crippen LogP contribution in [-0.2, 0) is 4.79 Å². The molecule has 8 nitrogen and oxygen atoms in total. The van der Waals surface area contributed by atoms with Crippen LogP contribution in [0.2, 0.25) is 0 Å². The summed E-state index contributed by atoms with van der Waals surface area (Å²) in [7, 11) is 0. The highest BCUT2D eigenvalue weighted by molar-refractivity contribution is 5.97. The lowest BCUT2D eigenvalue weighted by atomic mass is 9.92. The van der Waals surface area contributed by atoms with E-state index in [2.05, 4.69) is 28.6 Å². The van der Waals surface area contributed by atoms with E-state index >= 15 is 0 Å². The number of amides is 1. The van der Waals surface area contributed by atoms with E-state index in [-0.39, 0.29) is 16.5 Å². The van der Waals surface area contributed by atoms with Crippen molar-refractivity contribution in [2.75, 3.05) is 50.7 Å². The van der Waals surface area contributed by atoms with Crippen LogP contribution in [0.1, 0.15) is 20.3 Å². The van der Waals surface area contributed by atoms with Gasteiger partial charge >= 0.3 is 0 Å². The summed E-state index contributed by atoms with van der Waals surface area (Å²) in [6.07, 6.45) is 2.87. The van der Waals surface area contributed by atoms with Gasteiger partial charge in [0.2, 0.25) is 5.91 Å². The highest BCUT2D eigenvalue weighted by Crippen LogP contribution is 2.32. The summed E-state index contributed by atoms with van der Waals surface area (Å²) in [5.41, 5.74) is 1.66. The van der Waals surface area contributed by atoms with Crippen LogP contribution in [0.25, 0.3) is 10.9 Å². The van der Waals surface area contributed by atoms with Gasteiger partial charge in [-0.2, -0.15) is 0 Å². The Kier molecular flexibility index (Phi) is 5.85. The molecule has 0 saturated carbocycles. The third kappa shape index (κ3) is 4.23. The first kappa shape index (κ1) is 20.5. The number of piperazine rings is 1. The number of hydrogen-bond acceptors (Lipinski definition) is 6. The maximum atomic E-state index is 12.8. The van der Waals surface area contributed by atoms with Crippen LogP contribution in [0, 0.1) is 22.0 Å². The fourth-order valence-electron chi connectivity index (χ4n) is 4.86. The third-order valence-electron chi connectivity index (χ3n) is 6.22. The van der Waals surface area contributed by atoms with Gasteiger partial charge in [0.1, 0.15) is 5.52 Å². The number of hydrogen-bond donors (Lipinski definition) is 0. The number of piperidine rings is 1. The topological polar surface area (TPSA) is 82.8 Å². The standard InChI is InChI=1S/C22H29N5O3/c1-16-12-17(2)14-26(13-16)21(28)15-24-8-10-25(11-9-24)20-6-5-19(27(29)30)18-4-3-7-23-22(18)20/h3-7,16-17H,8-15H2,1-2H3. The zero-order chi connectivity index (χ0) is 21.3. The van der Waals surface area contributed by atoms with Crippen molar-refractivity contribution in [1.29, 1.82) is 0 Å². The quantitative estimate of drug-likeness (QED) is 0.568. The molecule has 4 rings (SSSR count). The van der Waals surface area contributed by atoms with E-state index < -0.39 is 0 Å². The Morgan fingerprint density at radius 2 is 1.83 bits per heavy atom. The van der Waals surface area contributed by atoms with Crippen LogP contribution in [-0.4, -0.2) is 71.4 Å². The van der Waals surface area contributed by atoms with Crippen LogP contribution in [0.4, 0.5) is 11.4 Å². The lowest BCUT2D eigenvalue weighted by molar-refractivity contribution is -0.383. The van der Waals surface area contributed by atoms with Gasteiger partial charge in [-0.1, -0.05) is 13.8 Å². The molecule has 2 fully saturated rings. The number of benzene rings is 1. The van der Waals surface area contributed by atoms with E-state index in [1.54, 1.807) is 30.5 Å². The Bertz CT molecular complexity index is 932. The Balaban J connectivity index is 1.41. The van der Waals surface area contributed by atoms with Crippen molar-refractivity contribution >= 4 is 28.2 Å². The number of non-ortho nitro benzene ring substituents is 1. The number of carbonyl (C=O) groups excluding carboxylic acids is 1. The minimum Gasteiger partial charge on any atom is -0.367 e. The fraction of sp³-hybridized carbons (Fsp3) is 0.545. The van der Waals surface area contributed by atoms with Gasteiger partial charge < -0.3 is 9.80 Å². The first-order chi connectivity index (χ1) is 14.4. The van der Waals surface area contributed by atoms with Gasteiger partial charge in [0, 0.05) is 51.5 Å². The molecule has 2 aromatic rings. The van der Waals surface area contributed by atoms with Gasteiger partial charge in [-0.3, -0.25) is 24.8 Å². The van der Waals surface area contributed by atoms with Crippen molar-refractivity contribution in [3.8, 4) is 0 Å². The highest BCUT2D eigenvalue weighted by atomic mass is 16.6. The number of nitrogens with zero attached hydrogens (tertiary/aromatic N) is 5. The molecule has 2 saturated heterocycles. The minimum atomic E-state index is -0.361. The number of pyridine rings is 1. The largest absolute Gasteiger partial charge is 0.367 e. The molecule has 0 N–H and O–H groups in total. The van der Waals surface area contributed by atoms with Crippen LogP contribution in [0.15, 0.2) is 30.5 Å². The number of nitro benzene ring substituents is 1. The molecule has 1 aromatic heterocycles. The molecule has 1 aromatic carbocycles. The Labute approximate surface area is 176 Å². The summed E-state index contributed by atoms with van der Waals surface area (Å²) >= 11 is 0. The molecule has 160 valence electrons. The number of rotatable bonds is 4. The molecule has 30 heavy (non-hydrogen) atoms. The molecule has 8 heteroatoms. The predicted molar refractivity (Wildman–Crippen MR) is 117 cm³/mol. The van der Waals surface area contributed by atoms with Crippen LogP contribution in [0.3, 0.4) is 0 Å². The molecule has 0 bridgehead atoms. The fourth-order valence-corrected chi connectivity index (χ4v) is 4.86. The Hall–Kier alpha value is -2.74. The van der Waals surface area contributed by atoms with Crippen molar-refractivity contribution in [2.45, 2.75) is 20.3 Å². The van der Waals surface area contributed by atoms with Gasteiger partial charge in [-0.15, -0.1) is 0 Å². The van der Waals surface area contributed by atoms with Crippen LogP contribution >= 0.6 is 0 Å². The van der Waals surface area contributed by atoms with E-state index in [1.165, 1.54) is 6.42 Å². The molecule has 2 atom stereocenters. The molecule has 3 heterocycles. The molecular weight excluding hydrogens is 382 g/mol. The zero-order valence-corrected chi connectivity index (χ0v) is 17.7. The summed E-state index contributed by atoms with van der Waals surface area (Å²) in [4.78, 5) is 34.6. The molecule has 0 spiro atoms. The van der Waals surface area contributed by atoms with Gasteiger partial charge in [0.15, 0.2) is 0 Å². The molecule has 0 aliphatic carbocycles. The van der Waals surface area contributed by atoms with Crippen molar-refractivity contribution in [1.82, 2.24) is 14.8 Å². The van der Waals surface area contributed by atoms with E-state index in [0.29, 0.717) is 29.3 Å². The number of aromatic nitrogens is 1. The summed E-state index contributed by atoms with van der Waals surface area (Å²) in [5.74, 6) is 1.36. The average molecular weight is 412 g/mol. The maximum absolute atomic E-state index is 12.8. The second kappa shape index (κ2) is 8.55. The maximum Gasteiger partial charge on any atom is 0.278 e. The molecule has 1 amide bonds.